The van der Waals surface area contributed by atoms with E-state index in [1.165, 1.54) is 7.11 Å². The van der Waals surface area contributed by atoms with Crippen molar-refractivity contribution in [1.82, 2.24) is 0 Å². The lowest BCUT2D eigenvalue weighted by atomic mass is 9.68. The summed E-state index contributed by atoms with van der Waals surface area (Å²) < 4.78 is 21.7. The molecule has 176 valence electrons. The molecule has 0 spiro atoms. The Hall–Kier alpha value is -3.74. The third kappa shape index (κ3) is 3.52. The smallest absolute Gasteiger partial charge is 0.373 e. The lowest BCUT2D eigenvalue weighted by Gasteiger charge is -2.39. The molecule has 2 heterocycles. The Balaban J connectivity index is 1.81. The highest BCUT2D eigenvalue weighted by Crippen LogP contribution is 2.52. The number of methoxy groups -OCH3 is 3. The molecule has 1 N–H and O–H groups in total. The molecule has 0 radical (unpaired) electrons. The molecule has 0 saturated carbocycles. The lowest BCUT2D eigenvalue weighted by molar-refractivity contribution is -0.118. The summed E-state index contributed by atoms with van der Waals surface area (Å²) in [5.41, 5.74) is 4.68. The Labute approximate surface area is 197 Å². The first-order valence-corrected chi connectivity index (χ1v) is 11.2. The van der Waals surface area contributed by atoms with E-state index in [9.17, 15) is 9.59 Å². The van der Waals surface area contributed by atoms with E-state index in [2.05, 4.69) is 19.2 Å². The molecular formula is C27H27NO6. The van der Waals surface area contributed by atoms with Crippen LogP contribution in [0.5, 0.6) is 11.5 Å². The van der Waals surface area contributed by atoms with E-state index >= 15 is 0 Å². The van der Waals surface area contributed by atoms with Crippen LogP contribution in [0.4, 0.5) is 5.69 Å². The number of rotatable bonds is 4. The average Bonchev–Trinajstić information content (AvgIpc) is 3.25. The van der Waals surface area contributed by atoms with Gasteiger partial charge in [-0.1, -0.05) is 13.8 Å². The first kappa shape index (κ1) is 22.1. The van der Waals surface area contributed by atoms with Gasteiger partial charge >= 0.3 is 5.97 Å². The largest absolute Gasteiger partial charge is 0.497 e. The van der Waals surface area contributed by atoms with Crippen molar-refractivity contribution in [1.29, 1.82) is 0 Å². The highest BCUT2D eigenvalue weighted by molar-refractivity contribution is 6.04. The fourth-order valence-corrected chi connectivity index (χ4v) is 5.17. The van der Waals surface area contributed by atoms with Gasteiger partial charge in [0.1, 0.15) is 17.1 Å². The number of ether oxygens (including phenoxy) is 3. The number of ketones is 1. The molecule has 0 saturated heterocycles. The second kappa shape index (κ2) is 7.94. The predicted octanol–water partition coefficient (Wildman–Crippen LogP) is 5.44. The van der Waals surface area contributed by atoms with Crippen molar-refractivity contribution in [3.05, 3.63) is 64.6 Å². The molecule has 2 aromatic carbocycles. The maximum Gasteiger partial charge on any atom is 0.373 e. The normalized spacial score (nSPS) is 18.7. The molecule has 0 bridgehead atoms. The zero-order chi connectivity index (χ0) is 24.2. The molecule has 2 aliphatic rings. The van der Waals surface area contributed by atoms with Gasteiger partial charge in [0, 0.05) is 40.7 Å². The van der Waals surface area contributed by atoms with Gasteiger partial charge in [-0.3, -0.25) is 4.79 Å². The standard InChI is InChI=1S/C27H27NO6/c1-27(2)12-19-25(20(29)13-27)23(14-8-15(31-3)10-16(9-14)32-4)24-17-11-22(26(30)33-5)34-21(17)7-6-18(24)28-19/h6-11,23,28H,12-13H2,1-5H3. The second-order valence-electron chi connectivity index (χ2n) is 9.58. The molecule has 1 aliphatic heterocycles. The third-order valence-corrected chi connectivity index (χ3v) is 6.62. The number of hydrogen-bond acceptors (Lipinski definition) is 7. The number of carbonyl (C=O) groups excluding carboxylic acids is 2. The summed E-state index contributed by atoms with van der Waals surface area (Å²) in [6, 6.07) is 11.1. The van der Waals surface area contributed by atoms with E-state index in [0.29, 0.717) is 23.5 Å². The zero-order valence-corrected chi connectivity index (χ0v) is 19.9. The van der Waals surface area contributed by atoms with Crippen molar-refractivity contribution in [3.63, 3.8) is 0 Å². The first-order valence-electron chi connectivity index (χ1n) is 11.2. The summed E-state index contributed by atoms with van der Waals surface area (Å²) >= 11 is 0. The summed E-state index contributed by atoms with van der Waals surface area (Å²) in [6.07, 6.45) is 1.21. The van der Waals surface area contributed by atoms with Crippen LogP contribution in [0.2, 0.25) is 0 Å². The van der Waals surface area contributed by atoms with Gasteiger partial charge in [-0.2, -0.15) is 0 Å². The van der Waals surface area contributed by atoms with E-state index in [4.69, 9.17) is 18.6 Å². The summed E-state index contributed by atoms with van der Waals surface area (Å²) in [6.45, 7) is 4.22. The van der Waals surface area contributed by atoms with Crippen LogP contribution in [0.15, 0.2) is 52.1 Å². The van der Waals surface area contributed by atoms with Crippen molar-refractivity contribution in [3.8, 4) is 11.5 Å². The number of carbonyl (C=O) groups is 2. The molecule has 1 aromatic heterocycles. The highest BCUT2D eigenvalue weighted by Gasteiger charge is 2.42. The number of anilines is 1. The summed E-state index contributed by atoms with van der Waals surface area (Å²) in [7, 11) is 4.52. The zero-order valence-electron chi connectivity index (χ0n) is 19.9. The summed E-state index contributed by atoms with van der Waals surface area (Å²) in [4.78, 5) is 25.8. The van der Waals surface area contributed by atoms with Crippen LogP contribution in [0.3, 0.4) is 0 Å². The van der Waals surface area contributed by atoms with Gasteiger partial charge in [0.25, 0.3) is 0 Å². The first-order chi connectivity index (χ1) is 16.2. The fraction of sp³-hybridized carbons (Fsp3) is 0.333. The minimum Gasteiger partial charge on any atom is -0.497 e. The van der Waals surface area contributed by atoms with Crippen LogP contribution in [0.1, 0.15) is 54.3 Å². The Kier molecular flexibility index (Phi) is 5.15. The molecule has 3 aromatic rings. The van der Waals surface area contributed by atoms with Gasteiger partial charge in [0.15, 0.2) is 5.78 Å². The Morgan fingerprint density at radius 2 is 1.74 bits per heavy atom. The lowest BCUT2D eigenvalue weighted by Crippen LogP contribution is -2.33. The Morgan fingerprint density at radius 3 is 2.38 bits per heavy atom. The van der Waals surface area contributed by atoms with Gasteiger partial charge < -0.3 is 23.9 Å². The molecule has 0 fully saturated rings. The topological polar surface area (TPSA) is 87.0 Å². The van der Waals surface area contributed by atoms with Gasteiger partial charge in [-0.15, -0.1) is 0 Å². The van der Waals surface area contributed by atoms with E-state index in [1.807, 2.05) is 24.3 Å². The average molecular weight is 462 g/mol. The molecule has 1 unspecified atom stereocenters. The number of benzene rings is 2. The molecule has 1 atom stereocenters. The Bertz CT molecular complexity index is 1340. The van der Waals surface area contributed by atoms with Gasteiger partial charge in [0.05, 0.1) is 21.3 Å². The number of esters is 1. The van der Waals surface area contributed by atoms with E-state index in [1.54, 1.807) is 26.4 Å². The van der Waals surface area contributed by atoms with E-state index in [0.717, 1.165) is 39.9 Å². The molecular weight excluding hydrogens is 434 g/mol. The van der Waals surface area contributed by atoms with Crippen molar-refractivity contribution in [2.45, 2.75) is 32.6 Å². The van der Waals surface area contributed by atoms with Crippen molar-refractivity contribution in [2.75, 3.05) is 26.6 Å². The van der Waals surface area contributed by atoms with Crippen LogP contribution < -0.4 is 14.8 Å². The van der Waals surface area contributed by atoms with Crippen LogP contribution in [-0.4, -0.2) is 33.1 Å². The van der Waals surface area contributed by atoms with Gasteiger partial charge in [-0.05, 0) is 53.3 Å². The number of Topliss-reactive ketones (excluding diaryl/α,β-unsaturated/α-hetero) is 1. The number of fused-ring (bicyclic) bond motifs is 3. The van der Waals surface area contributed by atoms with Crippen LogP contribution >= 0.6 is 0 Å². The van der Waals surface area contributed by atoms with Crippen molar-refractivity contribution >= 4 is 28.4 Å². The van der Waals surface area contributed by atoms with Crippen LogP contribution in [0.25, 0.3) is 11.0 Å². The Morgan fingerprint density at radius 1 is 1.03 bits per heavy atom. The molecule has 1 aliphatic carbocycles. The van der Waals surface area contributed by atoms with E-state index < -0.39 is 5.97 Å². The SMILES string of the molecule is COC(=O)c1cc2c3c(ccc2o1)NC1=C(C(=O)CC(C)(C)C1)C3c1cc(OC)cc(OC)c1. The molecule has 34 heavy (non-hydrogen) atoms. The summed E-state index contributed by atoms with van der Waals surface area (Å²) in [5.74, 6) is 0.549. The predicted molar refractivity (Wildman–Crippen MR) is 128 cm³/mol. The summed E-state index contributed by atoms with van der Waals surface area (Å²) in [5, 5.41) is 4.28. The maximum absolute atomic E-state index is 13.6. The van der Waals surface area contributed by atoms with Crippen LogP contribution in [0, 0.1) is 5.41 Å². The van der Waals surface area contributed by atoms with Crippen molar-refractivity contribution in [2.24, 2.45) is 5.41 Å². The monoisotopic (exact) mass is 461 g/mol. The van der Waals surface area contributed by atoms with Gasteiger partial charge in [-0.25, -0.2) is 4.79 Å². The number of furan rings is 1. The molecule has 7 heteroatoms. The fourth-order valence-electron chi connectivity index (χ4n) is 5.17. The van der Waals surface area contributed by atoms with Gasteiger partial charge in [0.2, 0.25) is 5.76 Å². The number of allylic oxidation sites excluding steroid dienone is 2. The molecule has 5 rings (SSSR count). The number of hydrogen-bond donors (Lipinski definition) is 1. The maximum atomic E-state index is 13.6. The van der Waals surface area contributed by atoms with E-state index in [-0.39, 0.29) is 22.9 Å². The number of nitrogens with one attached hydrogen (secondary N) is 1. The quantitative estimate of drug-likeness (QED) is 0.518. The highest BCUT2D eigenvalue weighted by atomic mass is 16.5. The minimum atomic E-state index is -0.552. The second-order valence-corrected chi connectivity index (χ2v) is 9.58. The molecule has 0 amide bonds. The third-order valence-electron chi connectivity index (χ3n) is 6.62. The minimum absolute atomic E-state index is 0.102. The van der Waals surface area contributed by atoms with Crippen LogP contribution in [-0.2, 0) is 9.53 Å². The molecule has 7 nitrogen and oxygen atoms in total. The van der Waals surface area contributed by atoms with Crippen molar-refractivity contribution < 1.29 is 28.2 Å².